The monoisotopic (exact) mass is 318 g/mol. The lowest BCUT2D eigenvalue weighted by molar-refractivity contribution is 0.0498. The normalized spacial score (nSPS) is 28.6. The van der Waals surface area contributed by atoms with Gasteiger partial charge in [0.25, 0.3) is 5.91 Å². The van der Waals surface area contributed by atoms with Crippen molar-refractivity contribution in [2.24, 2.45) is 11.3 Å². The molecule has 0 bridgehead atoms. The lowest BCUT2D eigenvalue weighted by Gasteiger charge is -2.39. The molecule has 4 heteroatoms. The van der Waals surface area contributed by atoms with E-state index in [1.54, 1.807) is 0 Å². The van der Waals surface area contributed by atoms with Crippen molar-refractivity contribution in [2.45, 2.75) is 85.2 Å². The van der Waals surface area contributed by atoms with Crippen molar-refractivity contribution in [2.75, 3.05) is 0 Å². The highest BCUT2D eigenvalue weighted by atomic mass is 16.5. The van der Waals surface area contributed by atoms with E-state index in [1.165, 1.54) is 6.42 Å². The van der Waals surface area contributed by atoms with Gasteiger partial charge in [0.2, 0.25) is 0 Å². The molecule has 0 aromatic carbocycles. The molecule has 0 radical (unpaired) electrons. The summed E-state index contributed by atoms with van der Waals surface area (Å²) in [5.41, 5.74) is 1.90. The second-order valence-corrected chi connectivity index (χ2v) is 8.58. The molecule has 0 spiro atoms. The summed E-state index contributed by atoms with van der Waals surface area (Å²) in [5.74, 6) is 1.59. The number of rotatable bonds is 1. The van der Waals surface area contributed by atoms with E-state index in [-0.39, 0.29) is 11.3 Å². The van der Waals surface area contributed by atoms with Gasteiger partial charge in [0.15, 0.2) is 5.69 Å². The van der Waals surface area contributed by atoms with Crippen LogP contribution in [0.2, 0.25) is 0 Å². The van der Waals surface area contributed by atoms with Crippen LogP contribution in [0.3, 0.4) is 0 Å². The molecule has 0 N–H and O–H groups in total. The van der Waals surface area contributed by atoms with Gasteiger partial charge in [0.1, 0.15) is 5.76 Å². The summed E-state index contributed by atoms with van der Waals surface area (Å²) in [6.07, 6.45) is 6.31. The quantitative estimate of drug-likeness (QED) is 0.778. The first kappa shape index (κ1) is 16.5. The Morgan fingerprint density at radius 2 is 1.83 bits per heavy atom. The lowest BCUT2D eigenvalue weighted by Crippen LogP contribution is -2.48. The molecule has 1 aliphatic carbocycles. The average molecular weight is 318 g/mol. The fourth-order valence-electron chi connectivity index (χ4n) is 4.26. The molecule has 1 aromatic heterocycles. The van der Waals surface area contributed by atoms with Crippen LogP contribution in [-0.4, -0.2) is 28.0 Å². The highest BCUT2D eigenvalue weighted by Gasteiger charge is 2.37. The van der Waals surface area contributed by atoms with Gasteiger partial charge < -0.3 is 9.42 Å². The minimum absolute atomic E-state index is 0.0734. The first-order valence-electron chi connectivity index (χ1n) is 9.09. The van der Waals surface area contributed by atoms with Crippen molar-refractivity contribution in [3.8, 4) is 0 Å². The molecule has 0 saturated carbocycles. The summed E-state index contributed by atoms with van der Waals surface area (Å²) in [6.45, 7) is 11.2. The molecule has 1 amide bonds. The third-order valence-corrected chi connectivity index (χ3v) is 5.90. The molecule has 2 heterocycles. The summed E-state index contributed by atoms with van der Waals surface area (Å²) < 4.78 is 5.53. The van der Waals surface area contributed by atoms with Crippen molar-refractivity contribution in [1.82, 2.24) is 10.1 Å². The Morgan fingerprint density at radius 3 is 2.43 bits per heavy atom. The standard InChI is InChI=1S/C19H30N2O2/c1-12-7-6-8-13(2)21(12)18(22)17-15-11-14(19(3,4)5)9-10-16(15)23-20-17/h12-14H,6-11H2,1-5H3/t12-,13-,14-/m1/s1. The van der Waals surface area contributed by atoms with Gasteiger partial charge in [0.05, 0.1) is 0 Å². The summed E-state index contributed by atoms with van der Waals surface area (Å²) in [7, 11) is 0. The number of aromatic nitrogens is 1. The topological polar surface area (TPSA) is 46.3 Å². The Bertz CT molecular complexity index is 575. The van der Waals surface area contributed by atoms with Crippen LogP contribution in [0.5, 0.6) is 0 Å². The lowest BCUT2D eigenvalue weighted by atomic mass is 9.71. The van der Waals surface area contributed by atoms with Gasteiger partial charge in [-0.1, -0.05) is 25.9 Å². The van der Waals surface area contributed by atoms with Crippen LogP contribution in [0.25, 0.3) is 0 Å². The van der Waals surface area contributed by atoms with Crippen LogP contribution in [0.4, 0.5) is 0 Å². The maximum Gasteiger partial charge on any atom is 0.276 e. The van der Waals surface area contributed by atoms with Crippen molar-refractivity contribution in [3.63, 3.8) is 0 Å². The minimum atomic E-state index is 0.0734. The van der Waals surface area contributed by atoms with E-state index in [4.69, 9.17) is 4.52 Å². The third-order valence-electron chi connectivity index (χ3n) is 5.90. The number of amides is 1. The van der Waals surface area contributed by atoms with E-state index < -0.39 is 0 Å². The van der Waals surface area contributed by atoms with E-state index in [1.807, 2.05) is 4.90 Å². The highest BCUT2D eigenvalue weighted by molar-refractivity contribution is 5.94. The molecule has 1 aliphatic heterocycles. The predicted octanol–water partition coefficient (Wildman–Crippen LogP) is 4.23. The van der Waals surface area contributed by atoms with Gasteiger partial charge in [-0.05, 0) is 57.3 Å². The van der Waals surface area contributed by atoms with Crippen molar-refractivity contribution in [3.05, 3.63) is 17.0 Å². The third kappa shape index (κ3) is 3.05. The molecule has 2 aliphatic rings. The first-order valence-corrected chi connectivity index (χ1v) is 9.09. The maximum atomic E-state index is 13.1. The molecular formula is C19H30N2O2. The smallest absolute Gasteiger partial charge is 0.276 e. The molecule has 1 fully saturated rings. The Morgan fingerprint density at radius 1 is 1.17 bits per heavy atom. The van der Waals surface area contributed by atoms with E-state index in [2.05, 4.69) is 39.8 Å². The van der Waals surface area contributed by atoms with Crippen molar-refractivity contribution >= 4 is 5.91 Å². The van der Waals surface area contributed by atoms with Crippen molar-refractivity contribution < 1.29 is 9.32 Å². The summed E-state index contributed by atoms with van der Waals surface area (Å²) >= 11 is 0. The van der Waals surface area contributed by atoms with Crippen LogP contribution in [0.1, 0.15) is 82.1 Å². The number of piperidine rings is 1. The molecular weight excluding hydrogens is 288 g/mol. The van der Waals surface area contributed by atoms with Gasteiger partial charge in [-0.2, -0.15) is 0 Å². The molecule has 3 atom stereocenters. The van der Waals surface area contributed by atoms with Gasteiger partial charge in [-0.3, -0.25) is 4.79 Å². The van der Waals surface area contributed by atoms with E-state index in [0.717, 1.165) is 43.4 Å². The second kappa shape index (κ2) is 5.95. The number of carbonyl (C=O) groups is 1. The summed E-state index contributed by atoms with van der Waals surface area (Å²) in [4.78, 5) is 15.1. The fraction of sp³-hybridized carbons (Fsp3) is 0.789. The van der Waals surface area contributed by atoms with E-state index in [0.29, 0.717) is 23.7 Å². The van der Waals surface area contributed by atoms with Gasteiger partial charge in [0, 0.05) is 24.1 Å². The average Bonchev–Trinajstić information content (AvgIpc) is 2.88. The number of fused-ring (bicyclic) bond motifs is 1. The molecule has 0 unspecified atom stereocenters. The van der Waals surface area contributed by atoms with Crippen LogP contribution < -0.4 is 0 Å². The maximum absolute atomic E-state index is 13.1. The molecule has 1 aromatic rings. The highest BCUT2D eigenvalue weighted by Crippen LogP contribution is 2.39. The van der Waals surface area contributed by atoms with Crippen LogP contribution in [0, 0.1) is 11.3 Å². The molecule has 3 rings (SSSR count). The van der Waals surface area contributed by atoms with Crippen molar-refractivity contribution in [1.29, 1.82) is 0 Å². The molecule has 23 heavy (non-hydrogen) atoms. The number of aryl methyl sites for hydroxylation is 1. The number of nitrogens with zero attached hydrogens (tertiary/aromatic N) is 2. The zero-order valence-corrected chi connectivity index (χ0v) is 15.2. The Kier molecular flexibility index (Phi) is 4.28. The number of likely N-dealkylation sites (tertiary alicyclic amines) is 1. The summed E-state index contributed by atoms with van der Waals surface area (Å²) in [6, 6.07) is 0.584. The SMILES string of the molecule is C[C@@H]1CCC[C@@H](C)N1C(=O)c1noc2c1C[C@H](C(C)(C)C)CC2. The second-order valence-electron chi connectivity index (χ2n) is 8.58. The molecule has 4 nitrogen and oxygen atoms in total. The van der Waals surface area contributed by atoms with Gasteiger partial charge in [-0.25, -0.2) is 0 Å². The largest absolute Gasteiger partial charge is 0.360 e. The Labute approximate surface area is 139 Å². The van der Waals surface area contributed by atoms with E-state index in [9.17, 15) is 4.79 Å². The number of hydrogen-bond donors (Lipinski definition) is 0. The number of hydrogen-bond acceptors (Lipinski definition) is 3. The van der Waals surface area contributed by atoms with Gasteiger partial charge in [-0.15, -0.1) is 0 Å². The van der Waals surface area contributed by atoms with Crippen LogP contribution in [0.15, 0.2) is 4.52 Å². The Balaban J connectivity index is 1.87. The predicted molar refractivity (Wildman–Crippen MR) is 90.4 cm³/mol. The minimum Gasteiger partial charge on any atom is -0.360 e. The van der Waals surface area contributed by atoms with E-state index >= 15 is 0 Å². The summed E-state index contributed by atoms with van der Waals surface area (Å²) in [5, 5.41) is 4.19. The van der Waals surface area contributed by atoms with Crippen LogP contribution >= 0.6 is 0 Å². The zero-order chi connectivity index (χ0) is 16.8. The molecule has 1 saturated heterocycles. The fourth-order valence-corrected chi connectivity index (χ4v) is 4.26. The zero-order valence-electron chi connectivity index (χ0n) is 15.2. The molecule has 128 valence electrons. The Hall–Kier alpha value is -1.32. The number of carbonyl (C=O) groups excluding carboxylic acids is 1. The van der Waals surface area contributed by atoms with Gasteiger partial charge >= 0.3 is 0 Å². The first-order chi connectivity index (χ1) is 10.8. The van der Waals surface area contributed by atoms with Crippen LogP contribution in [-0.2, 0) is 12.8 Å².